The molecule has 0 atom stereocenters. The van der Waals surface area contributed by atoms with Gasteiger partial charge in [0.15, 0.2) is 0 Å². The van der Waals surface area contributed by atoms with Crippen molar-refractivity contribution in [3.63, 3.8) is 0 Å². The van der Waals surface area contributed by atoms with Gasteiger partial charge in [0.25, 0.3) is 5.91 Å². The molecule has 7 nitrogen and oxygen atoms in total. The summed E-state index contributed by atoms with van der Waals surface area (Å²) in [7, 11) is 4.10. The van der Waals surface area contributed by atoms with Crippen molar-refractivity contribution in [2.75, 3.05) is 24.3 Å². The summed E-state index contributed by atoms with van der Waals surface area (Å²) in [4.78, 5) is 28.3. The largest absolute Gasteiger partial charge is 0.362 e. The highest BCUT2D eigenvalue weighted by molar-refractivity contribution is 9.10. The normalized spacial score (nSPS) is 20.9. The van der Waals surface area contributed by atoms with Gasteiger partial charge in [-0.25, -0.2) is 4.98 Å². The fraction of sp³-hybridized carbons (Fsp3) is 0.545. The SMILES string of the molecule is CN(C)c1nc(NC2CCC(NC(=O)c3cncc(Br)c3)CC2)nc2c1CCCC2. The zero-order chi connectivity index (χ0) is 21.1. The van der Waals surface area contributed by atoms with Gasteiger partial charge in [-0.2, -0.15) is 4.98 Å². The molecule has 30 heavy (non-hydrogen) atoms. The molecular weight excluding hydrogens is 444 g/mol. The molecule has 0 aliphatic heterocycles. The van der Waals surface area contributed by atoms with Crippen LogP contribution in [0.4, 0.5) is 11.8 Å². The van der Waals surface area contributed by atoms with Gasteiger partial charge in [-0.15, -0.1) is 0 Å². The van der Waals surface area contributed by atoms with E-state index in [9.17, 15) is 4.79 Å². The number of carbonyl (C=O) groups is 1. The molecule has 4 rings (SSSR count). The zero-order valence-electron chi connectivity index (χ0n) is 17.6. The number of anilines is 2. The van der Waals surface area contributed by atoms with Gasteiger partial charge in [0, 0.05) is 48.6 Å². The van der Waals surface area contributed by atoms with E-state index in [1.807, 2.05) is 0 Å². The van der Waals surface area contributed by atoms with Crippen molar-refractivity contribution in [3.8, 4) is 0 Å². The lowest BCUT2D eigenvalue weighted by molar-refractivity contribution is 0.0926. The van der Waals surface area contributed by atoms with E-state index in [-0.39, 0.29) is 11.9 Å². The van der Waals surface area contributed by atoms with Gasteiger partial charge in [0.1, 0.15) is 5.82 Å². The average Bonchev–Trinajstić information content (AvgIpc) is 2.74. The van der Waals surface area contributed by atoms with Crippen LogP contribution in [-0.4, -0.2) is 47.0 Å². The molecule has 8 heteroatoms. The number of nitrogens with one attached hydrogen (secondary N) is 2. The number of nitrogens with zero attached hydrogens (tertiary/aromatic N) is 4. The van der Waals surface area contributed by atoms with Crippen LogP contribution in [0.1, 0.15) is 60.1 Å². The number of hydrogen-bond acceptors (Lipinski definition) is 6. The Balaban J connectivity index is 1.35. The summed E-state index contributed by atoms with van der Waals surface area (Å²) in [6, 6.07) is 2.32. The Bertz CT molecular complexity index is 910. The first-order valence-corrected chi connectivity index (χ1v) is 11.5. The smallest absolute Gasteiger partial charge is 0.253 e. The summed E-state index contributed by atoms with van der Waals surface area (Å²) >= 11 is 3.37. The van der Waals surface area contributed by atoms with Crippen molar-refractivity contribution < 1.29 is 4.79 Å². The van der Waals surface area contributed by atoms with E-state index in [0.29, 0.717) is 11.6 Å². The summed E-state index contributed by atoms with van der Waals surface area (Å²) < 4.78 is 0.810. The number of aromatic nitrogens is 3. The molecule has 0 bridgehead atoms. The number of fused-ring (bicyclic) bond motifs is 1. The van der Waals surface area contributed by atoms with Crippen LogP contribution in [-0.2, 0) is 12.8 Å². The summed E-state index contributed by atoms with van der Waals surface area (Å²) in [6.07, 6.45) is 11.7. The second kappa shape index (κ2) is 9.29. The third-order valence-electron chi connectivity index (χ3n) is 5.95. The number of carbonyl (C=O) groups excluding carboxylic acids is 1. The minimum atomic E-state index is -0.0612. The quantitative estimate of drug-likeness (QED) is 0.689. The number of pyridine rings is 1. The van der Waals surface area contributed by atoms with Gasteiger partial charge < -0.3 is 15.5 Å². The highest BCUT2D eigenvalue weighted by atomic mass is 79.9. The van der Waals surface area contributed by atoms with E-state index in [0.717, 1.165) is 54.8 Å². The predicted molar refractivity (Wildman–Crippen MR) is 122 cm³/mol. The number of rotatable bonds is 5. The molecule has 2 heterocycles. The van der Waals surface area contributed by atoms with Crippen LogP contribution in [0, 0.1) is 0 Å². The third-order valence-corrected chi connectivity index (χ3v) is 6.38. The van der Waals surface area contributed by atoms with E-state index >= 15 is 0 Å². The van der Waals surface area contributed by atoms with Crippen LogP contribution in [0.25, 0.3) is 0 Å². The second-order valence-corrected chi connectivity index (χ2v) is 9.37. The number of aryl methyl sites for hydroxylation is 1. The van der Waals surface area contributed by atoms with Crippen molar-refractivity contribution in [1.29, 1.82) is 0 Å². The van der Waals surface area contributed by atoms with E-state index < -0.39 is 0 Å². The van der Waals surface area contributed by atoms with Gasteiger partial charge in [-0.1, -0.05) is 0 Å². The third kappa shape index (κ3) is 4.91. The molecule has 160 valence electrons. The van der Waals surface area contributed by atoms with E-state index in [4.69, 9.17) is 9.97 Å². The highest BCUT2D eigenvalue weighted by Gasteiger charge is 2.25. The molecule has 2 aromatic rings. The average molecular weight is 473 g/mol. The molecule has 1 saturated carbocycles. The highest BCUT2D eigenvalue weighted by Crippen LogP contribution is 2.29. The summed E-state index contributed by atoms with van der Waals surface area (Å²) in [5.41, 5.74) is 3.10. The standard InChI is InChI=1S/C22H29BrN6O/c1-29(2)20-18-5-3-4-6-19(18)27-22(28-20)26-17-9-7-16(8-10-17)25-21(30)14-11-15(23)13-24-12-14/h11-13,16-17H,3-10H2,1-2H3,(H,25,30)(H,26,27,28). The maximum atomic E-state index is 12.5. The molecule has 1 amide bonds. The minimum Gasteiger partial charge on any atom is -0.362 e. The Hall–Kier alpha value is -2.22. The summed E-state index contributed by atoms with van der Waals surface area (Å²) in [5, 5.41) is 6.71. The second-order valence-electron chi connectivity index (χ2n) is 8.46. The first-order chi connectivity index (χ1) is 14.5. The lowest BCUT2D eigenvalue weighted by Gasteiger charge is -2.30. The van der Waals surface area contributed by atoms with Crippen LogP contribution >= 0.6 is 15.9 Å². The lowest BCUT2D eigenvalue weighted by Crippen LogP contribution is -2.40. The van der Waals surface area contributed by atoms with Crippen molar-refractivity contribution in [1.82, 2.24) is 20.3 Å². The van der Waals surface area contributed by atoms with Crippen LogP contribution in [0.5, 0.6) is 0 Å². The van der Waals surface area contributed by atoms with E-state index in [1.165, 1.54) is 24.1 Å². The van der Waals surface area contributed by atoms with Gasteiger partial charge in [-0.3, -0.25) is 9.78 Å². The molecule has 0 spiro atoms. The fourth-order valence-electron chi connectivity index (χ4n) is 4.38. The molecular formula is C22H29BrN6O. The van der Waals surface area contributed by atoms with Crippen LogP contribution < -0.4 is 15.5 Å². The Morgan fingerprint density at radius 2 is 1.80 bits per heavy atom. The van der Waals surface area contributed by atoms with Crippen molar-refractivity contribution >= 4 is 33.6 Å². The van der Waals surface area contributed by atoms with Crippen LogP contribution in [0.3, 0.4) is 0 Å². The van der Waals surface area contributed by atoms with Crippen molar-refractivity contribution in [2.45, 2.75) is 63.5 Å². The Labute approximate surface area is 186 Å². The van der Waals surface area contributed by atoms with E-state index in [1.54, 1.807) is 18.5 Å². The first-order valence-electron chi connectivity index (χ1n) is 10.7. The first kappa shape index (κ1) is 21.0. The Kier molecular flexibility index (Phi) is 6.51. The number of amides is 1. The van der Waals surface area contributed by atoms with Gasteiger partial charge in [0.05, 0.1) is 11.3 Å². The fourth-order valence-corrected chi connectivity index (χ4v) is 4.74. The molecule has 2 aromatic heterocycles. The Morgan fingerprint density at radius 3 is 2.53 bits per heavy atom. The summed E-state index contributed by atoms with van der Waals surface area (Å²) in [5.74, 6) is 1.73. The lowest BCUT2D eigenvalue weighted by atomic mass is 9.91. The molecule has 0 aromatic carbocycles. The molecule has 0 radical (unpaired) electrons. The van der Waals surface area contributed by atoms with E-state index in [2.05, 4.69) is 50.5 Å². The number of halogens is 1. The summed E-state index contributed by atoms with van der Waals surface area (Å²) in [6.45, 7) is 0. The topological polar surface area (TPSA) is 83.0 Å². The van der Waals surface area contributed by atoms with Crippen LogP contribution in [0.2, 0.25) is 0 Å². The molecule has 0 unspecified atom stereocenters. The van der Waals surface area contributed by atoms with Crippen molar-refractivity contribution in [2.24, 2.45) is 0 Å². The monoisotopic (exact) mass is 472 g/mol. The maximum Gasteiger partial charge on any atom is 0.253 e. The van der Waals surface area contributed by atoms with Crippen LogP contribution in [0.15, 0.2) is 22.9 Å². The molecule has 0 saturated heterocycles. The molecule has 2 aliphatic carbocycles. The zero-order valence-corrected chi connectivity index (χ0v) is 19.2. The number of hydrogen-bond donors (Lipinski definition) is 2. The predicted octanol–water partition coefficient (Wildman–Crippen LogP) is 3.73. The molecule has 2 N–H and O–H groups in total. The van der Waals surface area contributed by atoms with Gasteiger partial charge in [-0.05, 0) is 73.4 Å². The minimum absolute atomic E-state index is 0.0612. The van der Waals surface area contributed by atoms with Crippen molar-refractivity contribution in [3.05, 3.63) is 39.8 Å². The Morgan fingerprint density at radius 1 is 1.07 bits per heavy atom. The molecule has 2 aliphatic rings. The molecule has 1 fully saturated rings. The maximum absolute atomic E-state index is 12.5. The van der Waals surface area contributed by atoms with Gasteiger partial charge >= 0.3 is 0 Å². The van der Waals surface area contributed by atoms with Gasteiger partial charge in [0.2, 0.25) is 5.95 Å².